The van der Waals surface area contributed by atoms with E-state index in [1.165, 1.54) is 0 Å². The standard InChI is InChI=1S/C10H10Cl2N2O/c11-7-3-8(12)5-9(4-7)15-6-10-13-1-2-14-10/h3-5H,1-2,6H2,(H,13,14). The predicted molar refractivity (Wildman–Crippen MR) is 62.3 cm³/mol. The van der Waals surface area contributed by atoms with E-state index in [9.17, 15) is 0 Å². The Balaban J connectivity index is 1.98. The van der Waals surface area contributed by atoms with Crippen molar-refractivity contribution in [2.45, 2.75) is 0 Å². The molecule has 1 aliphatic heterocycles. The Hall–Kier alpha value is -0.930. The van der Waals surface area contributed by atoms with Gasteiger partial charge < -0.3 is 10.1 Å². The first-order valence-corrected chi connectivity index (χ1v) is 5.36. The Labute approximate surface area is 98.1 Å². The first-order valence-electron chi connectivity index (χ1n) is 4.60. The molecule has 1 N–H and O–H groups in total. The van der Waals surface area contributed by atoms with Crippen LogP contribution in [0.5, 0.6) is 5.75 Å². The molecule has 0 saturated carbocycles. The first-order chi connectivity index (χ1) is 7.24. The van der Waals surface area contributed by atoms with E-state index in [1.54, 1.807) is 18.2 Å². The van der Waals surface area contributed by atoms with E-state index in [1.807, 2.05) is 0 Å². The fraction of sp³-hybridized carbons (Fsp3) is 0.300. The molecule has 5 heteroatoms. The molecule has 0 radical (unpaired) electrons. The van der Waals surface area contributed by atoms with Gasteiger partial charge in [0.2, 0.25) is 0 Å². The van der Waals surface area contributed by atoms with Gasteiger partial charge in [0.25, 0.3) is 0 Å². The van der Waals surface area contributed by atoms with Crippen LogP contribution in [0.25, 0.3) is 0 Å². The maximum absolute atomic E-state index is 5.84. The third-order valence-corrected chi connectivity index (χ3v) is 2.39. The highest BCUT2D eigenvalue weighted by Crippen LogP contribution is 2.24. The van der Waals surface area contributed by atoms with Crippen LogP contribution in [-0.2, 0) is 0 Å². The smallest absolute Gasteiger partial charge is 0.145 e. The minimum Gasteiger partial charge on any atom is -0.486 e. The first kappa shape index (κ1) is 10.6. The molecule has 0 unspecified atom stereocenters. The molecular formula is C10H10Cl2N2O. The van der Waals surface area contributed by atoms with E-state index in [0.29, 0.717) is 22.4 Å². The summed E-state index contributed by atoms with van der Waals surface area (Å²) in [5.74, 6) is 1.52. The second kappa shape index (κ2) is 4.73. The quantitative estimate of drug-likeness (QED) is 0.886. The Morgan fingerprint density at radius 3 is 2.60 bits per heavy atom. The zero-order chi connectivity index (χ0) is 10.7. The third-order valence-electron chi connectivity index (χ3n) is 1.96. The van der Waals surface area contributed by atoms with Crippen LogP contribution >= 0.6 is 23.2 Å². The summed E-state index contributed by atoms with van der Waals surface area (Å²) in [5.41, 5.74) is 0. The van der Waals surface area contributed by atoms with Crippen LogP contribution < -0.4 is 10.1 Å². The summed E-state index contributed by atoms with van der Waals surface area (Å²) in [4.78, 5) is 4.21. The fourth-order valence-electron chi connectivity index (χ4n) is 1.31. The lowest BCUT2D eigenvalue weighted by Gasteiger charge is -2.07. The Morgan fingerprint density at radius 2 is 2.00 bits per heavy atom. The van der Waals surface area contributed by atoms with Crippen LogP contribution in [0.3, 0.4) is 0 Å². The molecule has 0 aliphatic carbocycles. The van der Waals surface area contributed by atoms with E-state index >= 15 is 0 Å². The lowest BCUT2D eigenvalue weighted by molar-refractivity contribution is 0.373. The maximum Gasteiger partial charge on any atom is 0.145 e. The van der Waals surface area contributed by atoms with Gasteiger partial charge in [-0.2, -0.15) is 0 Å². The van der Waals surface area contributed by atoms with Gasteiger partial charge in [-0.3, -0.25) is 4.99 Å². The number of nitrogens with one attached hydrogen (secondary N) is 1. The molecule has 0 bridgehead atoms. The molecule has 1 aromatic carbocycles. The van der Waals surface area contributed by atoms with Crippen LogP contribution in [0, 0.1) is 0 Å². The van der Waals surface area contributed by atoms with Crippen molar-refractivity contribution in [1.82, 2.24) is 5.32 Å². The number of benzene rings is 1. The van der Waals surface area contributed by atoms with Crippen molar-refractivity contribution in [1.29, 1.82) is 0 Å². The van der Waals surface area contributed by atoms with Crippen molar-refractivity contribution < 1.29 is 4.74 Å². The number of hydrogen-bond acceptors (Lipinski definition) is 3. The monoisotopic (exact) mass is 244 g/mol. The largest absolute Gasteiger partial charge is 0.486 e. The van der Waals surface area contributed by atoms with Crippen LogP contribution in [-0.4, -0.2) is 25.5 Å². The van der Waals surface area contributed by atoms with Crippen molar-refractivity contribution in [2.24, 2.45) is 4.99 Å². The molecule has 3 nitrogen and oxygen atoms in total. The van der Waals surface area contributed by atoms with Gasteiger partial charge in [0.1, 0.15) is 18.2 Å². The average Bonchev–Trinajstić information content (AvgIpc) is 2.65. The molecule has 0 spiro atoms. The van der Waals surface area contributed by atoms with Gasteiger partial charge in [-0.15, -0.1) is 0 Å². The van der Waals surface area contributed by atoms with E-state index in [0.717, 1.165) is 18.9 Å². The zero-order valence-electron chi connectivity index (χ0n) is 7.96. The summed E-state index contributed by atoms with van der Waals surface area (Å²) in [5, 5.41) is 4.25. The molecule has 1 aliphatic rings. The minimum absolute atomic E-state index is 0.427. The van der Waals surface area contributed by atoms with Gasteiger partial charge in [-0.05, 0) is 18.2 Å². The predicted octanol–water partition coefficient (Wildman–Crippen LogP) is 2.37. The Bertz CT molecular complexity index is 373. The number of hydrogen-bond donors (Lipinski definition) is 1. The summed E-state index contributed by atoms with van der Waals surface area (Å²) in [6.07, 6.45) is 0. The highest BCUT2D eigenvalue weighted by Gasteiger charge is 2.06. The topological polar surface area (TPSA) is 33.6 Å². The van der Waals surface area contributed by atoms with Crippen molar-refractivity contribution >= 4 is 29.0 Å². The number of rotatable bonds is 3. The van der Waals surface area contributed by atoms with E-state index < -0.39 is 0 Å². The number of nitrogens with zero attached hydrogens (tertiary/aromatic N) is 1. The molecule has 2 rings (SSSR count). The molecule has 1 aromatic rings. The van der Waals surface area contributed by atoms with Gasteiger partial charge in [0.15, 0.2) is 0 Å². The highest BCUT2D eigenvalue weighted by molar-refractivity contribution is 6.34. The molecule has 0 atom stereocenters. The summed E-state index contributed by atoms with van der Waals surface area (Å²) < 4.78 is 5.49. The molecule has 80 valence electrons. The molecule has 1 heterocycles. The van der Waals surface area contributed by atoms with Crippen molar-refractivity contribution in [3.8, 4) is 5.75 Å². The second-order valence-electron chi connectivity index (χ2n) is 3.15. The van der Waals surface area contributed by atoms with E-state index in [2.05, 4.69) is 10.3 Å². The summed E-state index contributed by atoms with van der Waals surface area (Å²) >= 11 is 11.7. The van der Waals surface area contributed by atoms with E-state index in [4.69, 9.17) is 27.9 Å². The number of ether oxygens (including phenoxy) is 1. The van der Waals surface area contributed by atoms with Gasteiger partial charge in [0, 0.05) is 16.6 Å². The highest BCUT2D eigenvalue weighted by atomic mass is 35.5. The molecule has 0 fully saturated rings. The lowest BCUT2D eigenvalue weighted by atomic mass is 10.3. The van der Waals surface area contributed by atoms with Crippen LogP contribution in [0.15, 0.2) is 23.2 Å². The average molecular weight is 245 g/mol. The Morgan fingerprint density at radius 1 is 1.27 bits per heavy atom. The van der Waals surface area contributed by atoms with Gasteiger partial charge >= 0.3 is 0 Å². The number of aliphatic imine (C=N–C) groups is 1. The fourth-order valence-corrected chi connectivity index (χ4v) is 1.81. The molecule has 0 aromatic heterocycles. The van der Waals surface area contributed by atoms with Gasteiger partial charge in [-0.1, -0.05) is 23.2 Å². The van der Waals surface area contributed by atoms with Crippen molar-refractivity contribution in [3.63, 3.8) is 0 Å². The zero-order valence-corrected chi connectivity index (χ0v) is 9.48. The molecule has 0 saturated heterocycles. The lowest BCUT2D eigenvalue weighted by Crippen LogP contribution is -2.24. The summed E-state index contributed by atoms with van der Waals surface area (Å²) in [6, 6.07) is 5.12. The van der Waals surface area contributed by atoms with Crippen LogP contribution in [0.1, 0.15) is 0 Å². The SMILES string of the molecule is Clc1cc(Cl)cc(OCC2=NCCN2)c1. The second-order valence-corrected chi connectivity index (χ2v) is 4.02. The summed E-state index contributed by atoms with van der Waals surface area (Å²) in [7, 11) is 0. The third kappa shape index (κ3) is 3.01. The minimum atomic E-state index is 0.427. The van der Waals surface area contributed by atoms with Crippen molar-refractivity contribution in [3.05, 3.63) is 28.2 Å². The number of halogens is 2. The Kier molecular flexibility index (Phi) is 3.34. The van der Waals surface area contributed by atoms with Crippen molar-refractivity contribution in [2.75, 3.05) is 19.7 Å². The molecular weight excluding hydrogens is 235 g/mol. The normalized spacial score (nSPS) is 14.7. The number of amidine groups is 1. The maximum atomic E-state index is 5.84. The molecule has 0 amide bonds. The van der Waals surface area contributed by atoms with Gasteiger partial charge in [-0.25, -0.2) is 0 Å². The van der Waals surface area contributed by atoms with Crippen LogP contribution in [0.4, 0.5) is 0 Å². The molecule has 15 heavy (non-hydrogen) atoms. The summed E-state index contributed by atoms with van der Waals surface area (Å²) in [6.45, 7) is 2.13. The van der Waals surface area contributed by atoms with Crippen LogP contribution in [0.2, 0.25) is 10.0 Å². The van der Waals surface area contributed by atoms with Gasteiger partial charge in [0.05, 0.1) is 6.54 Å². The van der Waals surface area contributed by atoms with E-state index in [-0.39, 0.29) is 0 Å².